The molecule has 0 atom stereocenters. The number of benzene rings is 1. The Morgan fingerprint density at radius 2 is 2.07 bits per heavy atom. The normalized spacial score (nSPS) is 14.7. The van der Waals surface area contributed by atoms with E-state index in [0.717, 1.165) is 9.87 Å². The molecule has 1 aromatic heterocycles. The summed E-state index contributed by atoms with van der Waals surface area (Å²) in [6.45, 7) is 0.670. The van der Waals surface area contributed by atoms with Gasteiger partial charge in [0.1, 0.15) is 5.76 Å². The van der Waals surface area contributed by atoms with E-state index in [2.05, 4.69) is 10.5 Å². The third-order valence-corrected chi connectivity index (χ3v) is 6.47. The lowest BCUT2D eigenvalue weighted by Crippen LogP contribution is -2.42. The molecule has 0 aliphatic carbocycles. The Labute approximate surface area is 168 Å². The van der Waals surface area contributed by atoms with Crippen LogP contribution in [0, 0.1) is 0 Å². The molecule has 9 nitrogen and oxygen atoms in total. The average molecular weight is 429 g/mol. The second-order valence-electron chi connectivity index (χ2n) is 6.46. The van der Waals surface area contributed by atoms with Crippen molar-refractivity contribution in [1.29, 1.82) is 0 Å². The maximum absolute atomic E-state index is 12.3. The Morgan fingerprint density at radius 1 is 1.36 bits per heavy atom. The molecule has 1 amide bonds. The van der Waals surface area contributed by atoms with Gasteiger partial charge in [0.2, 0.25) is 0 Å². The molecule has 28 heavy (non-hydrogen) atoms. The lowest BCUT2D eigenvalue weighted by atomic mass is 10.1. The highest BCUT2D eigenvalue weighted by atomic mass is 35.5. The molecular weight excluding hydrogens is 408 g/mol. The number of carbonyl (C=O) groups is 1. The van der Waals surface area contributed by atoms with Crippen LogP contribution in [0.3, 0.4) is 0 Å². The predicted molar refractivity (Wildman–Crippen MR) is 102 cm³/mol. The summed E-state index contributed by atoms with van der Waals surface area (Å²) in [5.41, 5.74) is 1.48. The molecule has 0 unspecified atom stereocenters. The molecule has 2 aromatic rings. The first-order valence-corrected chi connectivity index (χ1v) is 10.4. The number of halogens is 1. The lowest BCUT2D eigenvalue weighted by Gasteiger charge is -2.27. The highest BCUT2D eigenvalue weighted by Crippen LogP contribution is 2.29. The van der Waals surface area contributed by atoms with Crippen molar-refractivity contribution in [2.45, 2.75) is 19.4 Å². The summed E-state index contributed by atoms with van der Waals surface area (Å²) in [6, 6.07) is 7.32. The maximum atomic E-state index is 12.3. The topological polar surface area (TPSA) is 105 Å². The van der Waals surface area contributed by atoms with E-state index in [1.807, 2.05) is 12.1 Å². The van der Waals surface area contributed by atoms with Crippen molar-refractivity contribution in [2.24, 2.45) is 0 Å². The molecule has 2 heterocycles. The van der Waals surface area contributed by atoms with Gasteiger partial charge in [0, 0.05) is 45.2 Å². The second kappa shape index (κ2) is 8.48. The quantitative estimate of drug-likeness (QED) is 0.752. The molecular formula is C17H21ClN4O5S. The number of fused-ring (bicyclic) bond motifs is 1. The van der Waals surface area contributed by atoms with Crippen LogP contribution < -0.4 is 10.1 Å². The van der Waals surface area contributed by atoms with Crippen LogP contribution in [0.2, 0.25) is 5.02 Å². The van der Waals surface area contributed by atoms with E-state index in [0.29, 0.717) is 35.7 Å². The van der Waals surface area contributed by atoms with Gasteiger partial charge >= 0.3 is 6.09 Å². The predicted octanol–water partition coefficient (Wildman–Crippen LogP) is 1.82. The van der Waals surface area contributed by atoms with Crippen molar-refractivity contribution in [3.8, 4) is 5.88 Å². The number of hydrogen-bond acceptors (Lipinski definition) is 6. The van der Waals surface area contributed by atoms with Gasteiger partial charge in [-0.05, 0) is 29.3 Å². The van der Waals surface area contributed by atoms with Crippen LogP contribution in [0.25, 0.3) is 0 Å². The van der Waals surface area contributed by atoms with Crippen LogP contribution in [0.4, 0.5) is 4.79 Å². The number of nitrogens with zero attached hydrogens (tertiary/aromatic N) is 3. The van der Waals surface area contributed by atoms with E-state index in [9.17, 15) is 13.2 Å². The number of amides is 1. The molecule has 11 heteroatoms. The Bertz CT molecular complexity index is 943. The summed E-state index contributed by atoms with van der Waals surface area (Å²) in [7, 11) is -0.657. The van der Waals surface area contributed by atoms with E-state index in [4.69, 9.17) is 20.9 Å². The van der Waals surface area contributed by atoms with Crippen LogP contribution >= 0.6 is 11.6 Å². The summed E-state index contributed by atoms with van der Waals surface area (Å²) >= 11 is 5.84. The monoisotopic (exact) mass is 428 g/mol. The number of hydrogen-bond donors (Lipinski definition) is 1. The molecule has 0 fully saturated rings. The van der Waals surface area contributed by atoms with E-state index in [1.54, 1.807) is 12.1 Å². The number of nitrogens with one attached hydrogen (secondary N) is 1. The molecule has 1 aliphatic heterocycles. The molecule has 1 N–H and O–H groups in total. The minimum atomic E-state index is -3.58. The molecule has 0 radical (unpaired) electrons. The fraction of sp³-hybridized carbons (Fsp3) is 0.412. The van der Waals surface area contributed by atoms with E-state index in [-0.39, 0.29) is 19.0 Å². The minimum absolute atomic E-state index is 0.0161. The van der Waals surface area contributed by atoms with Crippen molar-refractivity contribution in [3.05, 3.63) is 46.2 Å². The van der Waals surface area contributed by atoms with Crippen molar-refractivity contribution < 1.29 is 22.5 Å². The molecule has 3 rings (SSSR count). The van der Waals surface area contributed by atoms with Gasteiger partial charge in [0.15, 0.2) is 0 Å². The summed E-state index contributed by atoms with van der Waals surface area (Å²) < 4.78 is 37.5. The highest BCUT2D eigenvalue weighted by Gasteiger charge is 2.33. The van der Waals surface area contributed by atoms with Crippen LogP contribution in [0.1, 0.15) is 16.9 Å². The van der Waals surface area contributed by atoms with Crippen molar-refractivity contribution in [3.63, 3.8) is 0 Å². The summed E-state index contributed by atoms with van der Waals surface area (Å²) in [4.78, 5) is 12.1. The van der Waals surface area contributed by atoms with Crippen LogP contribution in [-0.4, -0.2) is 55.5 Å². The van der Waals surface area contributed by atoms with Crippen molar-refractivity contribution >= 4 is 27.9 Å². The van der Waals surface area contributed by atoms with Gasteiger partial charge in [0.25, 0.3) is 16.1 Å². The summed E-state index contributed by atoms with van der Waals surface area (Å²) in [5, 5.41) is 7.05. The van der Waals surface area contributed by atoms with E-state index >= 15 is 0 Å². The third kappa shape index (κ3) is 4.64. The number of ether oxygens (including phenoxy) is 1. The molecule has 152 valence electrons. The Morgan fingerprint density at radius 3 is 2.75 bits per heavy atom. The zero-order chi connectivity index (χ0) is 20.3. The zero-order valence-corrected chi connectivity index (χ0v) is 17.1. The molecule has 1 aliphatic rings. The summed E-state index contributed by atoms with van der Waals surface area (Å²) in [6.07, 6.45) is 0.285. The standard InChI is InChI=1S/C17H21ClN4O5S/c1-21(2)28(24,25)22-10-8-15-14(11-22)16(20-27-15)26-17(23)19-9-7-12-3-5-13(18)6-4-12/h3-6H,7-11H2,1-2H3,(H,19,23). The zero-order valence-electron chi connectivity index (χ0n) is 15.5. The number of rotatable bonds is 6. The van der Waals surface area contributed by atoms with Crippen LogP contribution in [0.5, 0.6) is 5.88 Å². The third-order valence-electron chi connectivity index (χ3n) is 4.33. The Kier molecular flexibility index (Phi) is 6.23. The van der Waals surface area contributed by atoms with E-state index < -0.39 is 16.3 Å². The Hall–Kier alpha value is -2.14. The van der Waals surface area contributed by atoms with Crippen LogP contribution in [0.15, 0.2) is 28.8 Å². The molecule has 0 saturated carbocycles. The fourth-order valence-electron chi connectivity index (χ4n) is 2.75. The fourth-order valence-corrected chi connectivity index (χ4v) is 3.95. The first kappa shape index (κ1) is 20.6. The minimum Gasteiger partial charge on any atom is -0.388 e. The largest absolute Gasteiger partial charge is 0.414 e. The van der Waals surface area contributed by atoms with E-state index in [1.165, 1.54) is 18.4 Å². The second-order valence-corrected chi connectivity index (χ2v) is 9.03. The SMILES string of the molecule is CN(C)S(=O)(=O)N1CCc2onc(OC(=O)NCCc3ccc(Cl)cc3)c2C1. The lowest BCUT2D eigenvalue weighted by molar-refractivity contribution is 0.195. The van der Waals surface area contributed by atoms with Gasteiger partial charge in [-0.1, -0.05) is 23.7 Å². The summed E-state index contributed by atoms with van der Waals surface area (Å²) in [5.74, 6) is 0.506. The van der Waals surface area contributed by atoms with Crippen molar-refractivity contribution in [2.75, 3.05) is 27.2 Å². The number of carbonyl (C=O) groups excluding carboxylic acids is 1. The molecule has 0 bridgehead atoms. The first-order chi connectivity index (χ1) is 13.3. The van der Waals surface area contributed by atoms with Crippen molar-refractivity contribution in [1.82, 2.24) is 19.1 Å². The number of aromatic nitrogens is 1. The smallest absolute Gasteiger partial charge is 0.388 e. The van der Waals surface area contributed by atoms with Gasteiger partial charge < -0.3 is 14.6 Å². The van der Waals surface area contributed by atoms with Gasteiger partial charge in [-0.2, -0.15) is 17.0 Å². The van der Waals surface area contributed by atoms with Gasteiger partial charge in [0.05, 0.1) is 5.56 Å². The first-order valence-electron chi connectivity index (χ1n) is 8.62. The molecule has 0 spiro atoms. The molecule has 1 aromatic carbocycles. The van der Waals surface area contributed by atoms with Gasteiger partial charge in [-0.15, -0.1) is 0 Å². The molecule has 0 saturated heterocycles. The highest BCUT2D eigenvalue weighted by molar-refractivity contribution is 7.86. The average Bonchev–Trinajstić information content (AvgIpc) is 3.05. The Balaban J connectivity index is 1.58. The van der Waals surface area contributed by atoms with Gasteiger partial charge in [-0.3, -0.25) is 0 Å². The van der Waals surface area contributed by atoms with Crippen LogP contribution in [-0.2, 0) is 29.6 Å². The van der Waals surface area contributed by atoms with Gasteiger partial charge in [-0.25, -0.2) is 4.79 Å². The maximum Gasteiger partial charge on any atom is 0.414 e.